The third kappa shape index (κ3) is 2.00. The predicted octanol–water partition coefficient (Wildman–Crippen LogP) is 2.21. The van der Waals surface area contributed by atoms with Crippen molar-refractivity contribution in [3.63, 3.8) is 0 Å². The summed E-state index contributed by atoms with van der Waals surface area (Å²) in [5.41, 5.74) is 3.34. The average Bonchev–Trinajstić information content (AvgIpc) is 2.26. The van der Waals surface area contributed by atoms with Crippen LogP contribution in [0.3, 0.4) is 0 Å². The average molecular weight is 220 g/mol. The number of aliphatic hydroxyl groups is 1. The van der Waals surface area contributed by atoms with Gasteiger partial charge in [-0.05, 0) is 38.5 Å². The lowest BCUT2D eigenvalue weighted by atomic mass is 10.1. The molecule has 1 heterocycles. The zero-order valence-electron chi connectivity index (χ0n) is 10.2. The van der Waals surface area contributed by atoms with E-state index in [2.05, 4.69) is 37.1 Å². The summed E-state index contributed by atoms with van der Waals surface area (Å²) in [5.74, 6) is 0. The molecule has 0 amide bonds. The molecule has 0 aromatic heterocycles. The molecule has 0 saturated carbocycles. The van der Waals surface area contributed by atoms with E-state index in [1.54, 1.807) is 0 Å². The number of aliphatic hydroxyl groups excluding tert-OH is 1. The first kappa shape index (κ1) is 11.3. The van der Waals surface area contributed by atoms with Gasteiger partial charge in [0, 0.05) is 18.6 Å². The van der Waals surface area contributed by atoms with Crippen LogP contribution in [-0.4, -0.2) is 23.7 Å². The molecule has 1 aromatic rings. The van der Waals surface area contributed by atoms with Gasteiger partial charge in [-0.1, -0.05) is 6.07 Å². The van der Waals surface area contributed by atoms with Gasteiger partial charge in [-0.2, -0.15) is 0 Å². The lowest BCUT2D eigenvalue weighted by molar-refractivity contribution is 0.282. The van der Waals surface area contributed by atoms with Crippen LogP contribution >= 0.6 is 0 Å². The molecule has 0 aliphatic carbocycles. The Hall–Kier alpha value is -1.22. The summed E-state index contributed by atoms with van der Waals surface area (Å²) in [6.45, 7) is 7.74. The number of nitrogens with zero attached hydrogens (tertiary/aromatic N) is 1. The van der Waals surface area contributed by atoms with E-state index in [9.17, 15) is 0 Å². The Labute approximate surface area is 97.1 Å². The van der Waals surface area contributed by atoms with Gasteiger partial charge in [0.1, 0.15) is 0 Å². The van der Waals surface area contributed by atoms with Crippen molar-refractivity contribution in [2.75, 3.05) is 16.8 Å². The van der Waals surface area contributed by atoms with Crippen molar-refractivity contribution in [2.45, 2.75) is 39.5 Å². The Morgan fingerprint density at radius 1 is 1.50 bits per heavy atom. The van der Waals surface area contributed by atoms with Crippen LogP contribution < -0.4 is 10.2 Å². The fraction of sp³-hybridized carbons (Fsp3) is 0.538. The smallest absolute Gasteiger partial charge is 0.0682 e. The summed E-state index contributed by atoms with van der Waals surface area (Å²) in [7, 11) is 0. The maximum atomic E-state index is 9.14. The van der Waals surface area contributed by atoms with E-state index in [1.165, 1.54) is 5.69 Å². The van der Waals surface area contributed by atoms with Crippen LogP contribution in [0.2, 0.25) is 0 Å². The molecule has 0 bridgehead atoms. The molecule has 0 fully saturated rings. The molecule has 2 rings (SSSR count). The number of fused-ring (bicyclic) bond motifs is 1. The standard InChI is InChI=1S/C13H20N2O/c1-9(2)15-7-10(3)14-12-6-11(8-16)4-5-13(12)15/h4-6,9-10,14,16H,7-8H2,1-3H3. The van der Waals surface area contributed by atoms with Gasteiger partial charge in [0.2, 0.25) is 0 Å². The van der Waals surface area contributed by atoms with E-state index in [0.29, 0.717) is 12.1 Å². The second-order valence-electron chi connectivity index (χ2n) is 4.80. The van der Waals surface area contributed by atoms with E-state index in [0.717, 1.165) is 17.8 Å². The van der Waals surface area contributed by atoms with Gasteiger partial charge in [0.05, 0.1) is 18.0 Å². The van der Waals surface area contributed by atoms with E-state index in [-0.39, 0.29) is 6.61 Å². The second kappa shape index (κ2) is 4.34. The zero-order valence-corrected chi connectivity index (χ0v) is 10.2. The maximum absolute atomic E-state index is 9.14. The maximum Gasteiger partial charge on any atom is 0.0682 e. The third-order valence-electron chi connectivity index (χ3n) is 3.05. The molecule has 2 N–H and O–H groups in total. The van der Waals surface area contributed by atoms with Gasteiger partial charge in [-0.15, -0.1) is 0 Å². The van der Waals surface area contributed by atoms with Crippen LogP contribution in [0.15, 0.2) is 18.2 Å². The first-order chi connectivity index (χ1) is 7.61. The molecule has 1 aliphatic heterocycles. The van der Waals surface area contributed by atoms with E-state index < -0.39 is 0 Å². The quantitative estimate of drug-likeness (QED) is 0.802. The largest absolute Gasteiger partial charge is 0.392 e. The van der Waals surface area contributed by atoms with Gasteiger partial charge < -0.3 is 15.3 Å². The van der Waals surface area contributed by atoms with Crippen LogP contribution in [0.25, 0.3) is 0 Å². The number of benzene rings is 1. The summed E-state index contributed by atoms with van der Waals surface area (Å²) in [6.07, 6.45) is 0. The van der Waals surface area contributed by atoms with Gasteiger partial charge in [0.25, 0.3) is 0 Å². The van der Waals surface area contributed by atoms with Crippen LogP contribution in [-0.2, 0) is 6.61 Å². The molecule has 3 nitrogen and oxygen atoms in total. The summed E-state index contributed by atoms with van der Waals surface area (Å²) >= 11 is 0. The van der Waals surface area contributed by atoms with E-state index >= 15 is 0 Å². The molecule has 1 unspecified atom stereocenters. The fourth-order valence-electron chi connectivity index (χ4n) is 2.24. The molecule has 1 aromatic carbocycles. The van der Waals surface area contributed by atoms with Crippen molar-refractivity contribution in [1.29, 1.82) is 0 Å². The van der Waals surface area contributed by atoms with Gasteiger partial charge >= 0.3 is 0 Å². The van der Waals surface area contributed by atoms with Crippen molar-refractivity contribution in [2.24, 2.45) is 0 Å². The first-order valence-corrected chi connectivity index (χ1v) is 5.88. The Balaban J connectivity index is 2.39. The Morgan fingerprint density at radius 3 is 2.88 bits per heavy atom. The third-order valence-corrected chi connectivity index (χ3v) is 3.05. The Morgan fingerprint density at radius 2 is 2.25 bits per heavy atom. The molecule has 1 atom stereocenters. The van der Waals surface area contributed by atoms with Gasteiger partial charge in [-0.3, -0.25) is 0 Å². The summed E-state index contributed by atoms with van der Waals surface area (Å²) in [5, 5.41) is 12.6. The van der Waals surface area contributed by atoms with E-state index in [4.69, 9.17) is 5.11 Å². The summed E-state index contributed by atoms with van der Waals surface area (Å²) in [4.78, 5) is 2.40. The van der Waals surface area contributed by atoms with Crippen LogP contribution in [0.4, 0.5) is 11.4 Å². The summed E-state index contributed by atoms with van der Waals surface area (Å²) < 4.78 is 0. The minimum absolute atomic E-state index is 0.102. The number of hydrogen-bond acceptors (Lipinski definition) is 3. The molecule has 0 radical (unpaired) electrons. The topological polar surface area (TPSA) is 35.5 Å². The Kier molecular flexibility index (Phi) is 3.06. The highest BCUT2D eigenvalue weighted by atomic mass is 16.3. The normalized spacial score (nSPS) is 19.6. The van der Waals surface area contributed by atoms with Crippen molar-refractivity contribution in [1.82, 2.24) is 0 Å². The van der Waals surface area contributed by atoms with E-state index in [1.807, 2.05) is 12.1 Å². The SMILES string of the molecule is CC1CN(C(C)C)c2ccc(CO)cc2N1. The molecule has 1 aliphatic rings. The van der Waals surface area contributed by atoms with Crippen LogP contribution in [0.5, 0.6) is 0 Å². The van der Waals surface area contributed by atoms with Crippen LogP contribution in [0.1, 0.15) is 26.3 Å². The lowest BCUT2D eigenvalue weighted by Crippen LogP contribution is -2.43. The molecule has 88 valence electrons. The van der Waals surface area contributed by atoms with Gasteiger partial charge in [0.15, 0.2) is 0 Å². The first-order valence-electron chi connectivity index (χ1n) is 5.88. The summed E-state index contributed by atoms with van der Waals surface area (Å²) in [6, 6.07) is 7.08. The number of nitrogens with one attached hydrogen (secondary N) is 1. The number of hydrogen-bond donors (Lipinski definition) is 2. The molecular weight excluding hydrogens is 200 g/mol. The molecular formula is C13H20N2O. The monoisotopic (exact) mass is 220 g/mol. The molecule has 0 spiro atoms. The van der Waals surface area contributed by atoms with Crippen molar-refractivity contribution in [3.8, 4) is 0 Å². The minimum Gasteiger partial charge on any atom is -0.392 e. The van der Waals surface area contributed by atoms with Crippen molar-refractivity contribution in [3.05, 3.63) is 23.8 Å². The van der Waals surface area contributed by atoms with Crippen molar-refractivity contribution >= 4 is 11.4 Å². The number of anilines is 2. The van der Waals surface area contributed by atoms with Crippen molar-refractivity contribution < 1.29 is 5.11 Å². The fourth-order valence-corrected chi connectivity index (χ4v) is 2.24. The second-order valence-corrected chi connectivity index (χ2v) is 4.80. The minimum atomic E-state index is 0.102. The highest BCUT2D eigenvalue weighted by Gasteiger charge is 2.22. The molecule has 3 heteroatoms. The van der Waals surface area contributed by atoms with Crippen LogP contribution in [0, 0.1) is 0 Å². The highest BCUT2D eigenvalue weighted by Crippen LogP contribution is 2.32. The molecule has 16 heavy (non-hydrogen) atoms. The predicted molar refractivity (Wildman–Crippen MR) is 67.9 cm³/mol. The van der Waals surface area contributed by atoms with Gasteiger partial charge in [-0.25, -0.2) is 0 Å². The Bertz CT molecular complexity index is 376. The highest BCUT2D eigenvalue weighted by molar-refractivity contribution is 5.73. The molecule has 0 saturated heterocycles. The zero-order chi connectivity index (χ0) is 11.7. The lowest BCUT2D eigenvalue weighted by Gasteiger charge is -2.38. The number of rotatable bonds is 2.